The predicted molar refractivity (Wildman–Crippen MR) is 44.2 cm³/mol. The van der Waals surface area contributed by atoms with Gasteiger partial charge in [0, 0.05) is 13.7 Å². The maximum Gasteiger partial charge on any atom is 0.0499 e. The molecule has 10 heavy (non-hydrogen) atoms. The van der Waals surface area contributed by atoms with Gasteiger partial charge in [-0.05, 0) is 25.4 Å². The number of ether oxygens (including phenoxy) is 1. The standard InChI is InChI=1S/C8H19NO/c1-4-5-9-6-8(2)7-10-3/h8-9H,4-7H2,1-3H3. The first-order chi connectivity index (χ1) is 4.81. The van der Waals surface area contributed by atoms with Crippen molar-refractivity contribution in [3.8, 4) is 0 Å². The third-order valence-corrected chi connectivity index (χ3v) is 1.37. The van der Waals surface area contributed by atoms with Crippen LogP contribution in [-0.4, -0.2) is 26.8 Å². The van der Waals surface area contributed by atoms with E-state index in [0.29, 0.717) is 5.92 Å². The summed E-state index contributed by atoms with van der Waals surface area (Å²) in [6, 6.07) is 0. The Kier molecular flexibility index (Phi) is 6.98. The van der Waals surface area contributed by atoms with Crippen LogP contribution in [0.1, 0.15) is 20.3 Å². The van der Waals surface area contributed by atoms with Gasteiger partial charge in [0.15, 0.2) is 0 Å². The van der Waals surface area contributed by atoms with E-state index >= 15 is 0 Å². The molecule has 0 fully saturated rings. The van der Waals surface area contributed by atoms with Crippen LogP contribution >= 0.6 is 0 Å². The second-order valence-corrected chi connectivity index (χ2v) is 2.76. The van der Waals surface area contributed by atoms with Crippen molar-refractivity contribution in [2.75, 3.05) is 26.8 Å². The Morgan fingerprint density at radius 3 is 2.70 bits per heavy atom. The summed E-state index contributed by atoms with van der Waals surface area (Å²) in [4.78, 5) is 0. The lowest BCUT2D eigenvalue weighted by molar-refractivity contribution is 0.158. The average molecular weight is 145 g/mol. The van der Waals surface area contributed by atoms with E-state index < -0.39 is 0 Å². The fraction of sp³-hybridized carbons (Fsp3) is 1.00. The van der Waals surface area contributed by atoms with Crippen LogP contribution in [0.15, 0.2) is 0 Å². The first-order valence-electron chi connectivity index (χ1n) is 4.00. The van der Waals surface area contributed by atoms with Gasteiger partial charge in [0.2, 0.25) is 0 Å². The third-order valence-electron chi connectivity index (χ3n) is 1.37. The molecule has 0 amide bonds. The lowest BCUT2D eigenvalue weighted by atomic mass is 10.2. The topological polar surface area (TPSA) is 21.3 Å². The molecule has 1 unspecified atom stereocenters. The van der Waals surface area contributed by atoms with E-state index in [9.17, 15) is 0 Å². The molecule has 1 atom stereocenters. The number of hydrogen-bond donors (Lipinski definition) is 1. The zero-order chi connectivity index (χ0) is 7.82. The van der Waals surface area contributed by atoms with E-state index in [0.717, 1.165) is 19.7 Å². The molecular formula is C8H19NO. The number of nitrogens with one attached hydrogen (secondary N) is 1. The van der Waals surface area contributed by atoms with Gasteiger partial charge in [-0.3, -0.25) is 0 Å². The van der Waals surface area contributed by atoms with Gasteiger partial charge in [-0.2, -0.15) is 0 Å². The third kappa shape index (κ3) is 6.05. The van der Waals surface area contributed by atoms with Crippen LogP contribution in [0.3, 0.4) is 0 Å². The molecule has 0 aliphatic heterocycles. The largest absolute Gasteiger partial charge is 0.384 e. The number of hydrogen-bond acceptors (Lipinski definition) is 2. The van der Waals surface area contributed by atoms with E-state index in [2.05, 4.69) is 19.2 Å². The minimum absolute atomic E-state index is 0.636. The molecular weight excluding hydrogens is 126 g/mol. The molecule has 0 spiro atoms. The van der Waals surface area contributed by atoms with Crippen molar-refractivity contribution in [1.29, 1.82) is 0 Å². The van der Waals surface area contributed by atoms with Crippen molar-refractivity contribution in [2.24, 2.45) is 5.92 Å². The fourth-order valence-corrected chi connectivity index (χ4v) is 0.869. The van der Waals surface area contributed by atoms with Crippen LogP contribution in [0.25, 0.3) is 0 Å². The highest BCUT2D eigenvalue weighted by Gasteiger charge is 1.98. The molecule has 1 N–H and O–H groups in total. The molecule has 0 heterocycles. The average Bonchev–Trinajstić information content (AvgIpc) is 1.89. The first kappa shape index (κ1) is 9.92. The first-order valence-corrected chi connectivity index (χ1v) is 4.00. The molecule has 62 valence electrons. The Bertz CT molecular complexity index is 66.3. The molecule has 0 rings (SSSR count). The molecule has 2 nitrogen and oxygen atoms in total. The molecule has 0 aliphatic rings. The second-order valence-electron chi connectivity index (χ2n) is 2.76. The van der Waals surface area contributed by atoms with E-state index in [-0.39, 0.29) is 0 Å². The van der Waals surface area contributed by atoms with Gasteiger partial charge < -0.3 is 10.1 Å². The Morgan fingerprint density at radius 1 is 1.50 bits per heavy atom. The highest BCUT2D eigenvalue weighted by molar-refractivity contribution is 4.54. The maximum atomic E-state index is 4.99. The molecule has 0 aliphatic carbocycles. The molecule has 0 aromatic rings. The van der Waals surface area contributed by atoms with E-state index in [1.54, 1.807) is 7.11 Å². The molecule has 0 saturated heterocycles. The van der Waals surface area contributed by atoms with E-state index in [1.807, 2.05) is 0 Å². The lowest BCUT2D eigenvalue weighted by Crippen LogP contribution is -2.24. The van der Waals surface area contributed by atoms with Gasteiger partial charge in [0.05, 0.1) is 0 Å². The minimum atomic E-state index is 0.636. The second kappa shape index (κ2) is 7.03. The van der Waals surface area contributed by atoms with Crippen LogP contribution in [0.5, 0.6) is 0 Å². The van der Waals surface area contributed by atoms with Crippen molar-refractivity contribution in [2.45, 2.75) is 20.3 Å². The number of rotatable bonds is 6. The van der Waals surface area contributed by atoms with Crippen molar-refractivity contribution >= 4 is 0 Å². The van der Waals surface area contributed by atoms with Crippen molar-refractivity contribution in [3.63, 3.8) is 0 Å². The summed E-state index contributed by atoms with van der Waals surface area (Å²) >= 11 is 0. The lowest BCUT2D eigenvalue weighted by Gasteiger charge is -2.09. The van der Waals surface area contributed by atoms with Crippen molar-refractivity contribution < 1.29 is 4.74 Å². The Labute approximate surface area is 64.0 Å². The van der Waals surface area contributed by atoms with Crippen LogP contribution in [0.4, 0.5) is 0 Å². The Balaban J connectivity index is 2.97. The summed E-state index contributed by atoms with van der Waals surface area (Å²) in [5.41, 5.74) is 0. The van der Waals surface area contributed by atoms with Gasteiger partial charge in [-0.25, -0.2) is 0 Å². The zero-order valence-electron chi connectivity index (χ0n) is 7.31. The monoisotopic (exact) mass is 145 g/mol. The Hall–Kier alpha value is -0.0800. The number of methoxy groups -OCH3 is 1. The fourth-order valence-electron chi connectivity index (χ4n) is 0.869. The van der Waals surface area contributed by atoms with Gasteiger partial charge in [0.1, 0.15) is 0 Å². The quantitative estimate of drug-likeness (QED) is 0.568. The zero-order valence-corrected chi connectivity index (χ0v) is 7.31. The van der Waals surface area contributed by atoms with Crippen LogP contribution < -0.4 is 5.32 Å². The smallest absolute Gasteiger partial charge is 0.0499 e. The van der Waals surface area contributed by atoms with Crippen molar-refractivity contribution in [3.05, 3.63) is 0 Å². The maximum absolute atomic E-state index is 4.99. The van der Waals surface area contributed by atoms with Gasteiger partial charge in [-0.1, -0.05) is 13.8 Å². The summed E-state index contributed by atoms with van der Waals surface area (Å²) in [7, 11) is 1.75. The van der Waals surface area contributed by atoms with Crippen LogP contribution in [0, 0.1) is 5.92 Å². The van der Waals surface area contributed by atoms with Gasteiger partial charge in [-0.15, -0.1) is 0 Å². The molecule has 0 radical (unpaired) electrons. The van der Waals surface area contributed by atoms with Gasteiger partial charge in [0.25, 0.3) is 0 Å². The summed E-state index contributed by atoms with van der Waals surface area (Å²) in [6.45, 7) is 7.41. The molecule has 0 bridgehead atoms. The summed E-state index contributed by atoms with van der Waals surface area (Å²) in [5, 5.41) is 3.34. The van der Waals surface area contributed by atoms with Crippen LogP contribution in [0.2, 0.25) is 0 Å². The summed E-state index contributed by atoms with van der Waals surface area (Å²) < 4.78 is 4.99. The molecule has 0 aromatic heterocycles. The highest BCUT2D eigenvalue weighted by Crippen LogP contribution is 1.91. The molecule has 0 aromatic carbocycles. The van der Waals surface area contributed by atoms with E-state index in [4.69, 9.17) is 4.74 Å². The van der Waals surface area contributed by atoms with Gasteiger partial charge >= 0.3 is 0 Å². The Morgan fingerprint density at radius 2 is 2.20 bits per heavy atom. The summed E-state index contributed by atoms with van der Waals surface area (Å²) in [5.74, 6) is 0.636. The normalized spacial score (nSPS) is 13.5. The summed E-state index contributed by atoms with van der Waals surface area (Å²) in [6.07, 6.45) is 1.21. The highest BCUT2D eigenvalue weighted by atomic mass is 16.5. The molecule has 2 heteroatoms. The van der Waals surface area contributed by atoms with Crippen LogP contribution in [-0.2, 0) is 4.74 Å². The van der Waals surface area contributed by atoms with Crippen molar-refractivity contribution in [1.82, 2.24) is 5.32 Å². The predicted octanol–water partition coefficient (Wildman–Crippen LogP) is 1.27. The minimum Gasteiger partial charge on any atom is -0.384 e. The van der Waals surface area contributed by atoms with E-state index in [1.165, 1.54) is 6.42 Å². The SMILES string of the molecule is CCCNCC(C)COC. The molecule has 0 saturated carbocycles.